The molecular formula is C18H25N3O. The monoisotopic (exact) mass is 299 g/mol. The Hall–Kier alpha value is -2.07. The van der Waals surface area contributed by atoms with Crippen LogP contribution in [0.15, 0.2) is 59.3 Å². The number of hydrazine groups is 1. The van der Waals surface area contributed by atoms with Gasteiger partial charge in [-0.05, 0) is 11.6 Å². The van der Waals surface area contributed by atoms with Gasteiger partial charge in [0.1, 0.15) is 11.6 Å². The molecule has 4 nitrogen and oxygen atoms in total. The predicted octanol–water partition coefficient (Wildman–Crippen LogP) is 2.95. The van der Waals surface area contributed by atoms with Gasteiger partial charge < -0.3 is 10.2 Å². The van der Waals surface area contributed by atoms with Crippen LogP contribution < -0.4 is 10.9 Å². The lowest BCUT2D eigenvalue weighted by Crippen LogP contribution is -2.38. The summed E-state index contributed by atoms with van der Waals surface area (Å²) in [6.45, 7) is 5.88. The molecule has 0 saturated carbocycles. The highest BCUT2D eigenvalue weighted by Gasteiger charge is 2.20. The van der Waals surface area contributed by atoms with Crippen LogP contribution in [0.25, 0.3) is 0 Å². The molecule has 0 bridgehead atoms. The molecule has 118 valence electrons. The van der Waals surface area contributed by atoms with Crippen molar-refractivity contribution >= 4 is 5.84 Å². The SMILES string of the molecule is CO/C1=C/C=C\CNNC(=NCC(C)(C)c2ccccc2)C1. The van der Waals surface area contributed by atoms with Crippen LogP contribution in [-0.2, 0) is 10.2 Å². The van der Waals surface area contributed by atoms with Crippen LogP contribution in [0.2, 0.25) is 0 Å². The number of ether oxygens (including phenoxy) is 1. The van der Waals surface area contributed by atoms with E-state index in [0.717, 1.165) is 18.1 Å². The number of aliphatic imine (C=N–C) groups is 1. The maximum Gasteiger partial charge on any atom is 0.118 e. The van der Waals surface area contributed by atoms with E-state index in [1.165, 1.54) is 5.56 Å². The minimum absolute atomic E-state index is 0.0103. The highest BCUT2D eigenvalue weighted by molar-refractivity contribution is 5.83. The third kappa shape index (κ3) is 4.74. The van der Waals surface area contributed by atoms with Gasteiger partial charge in [0.2, 0.25) is 0 Å². The summed E-state index contributed by atoms with van der Waals surface area (Å²) in [5, 5.41) is 0. The zero-order valence-corrected chi connectivity index (χ0v) is 13.6. The Morgan fingerprint density at radius 3 is 2.73 bits per heavy atom. The second kappa shape index (κ2) is 7.80. The number of allylic oxidation sites excluding steroid dienone is 2. The van der Waals surface area contributed by atoms with Crippen LogP contribution in [0.3, 0.4) is 0 Å². The average Bonchev–Trinajstić information content (AvgIpc) is 2.65. The van der Waals surface area contributed by atoms with Gasteiger partial charge in [-0.1, -0.05) is 56.3 Å². The van der Waals surface area contributed by atoms with Crippen LogP contribution in [0.4, 0.5) is 0 Å². The van der Waals surface area contributed by atoms with Gasteiger partial charge in [-0.15, -0.1) is 0 Å². The number of methoxy groups -OCH3 is 1. The van der Waals surface area contributed by atoms with E-state index >= 15 is 0 Å². The largest absolute Gasteiger partial charge is 0.501 e. The smallest absolute Gasteiger partial charge is 0.118 e. The Labute approximate surface area is 133 Å². The van der Waals surface area contributed by atoms with Gasteiger partial charge in [-0.25, -0.2) is 5.43 Å². The van der Waals surface area contributed by atoms with Crippen molar-refractivity contribution in [1.82, 2.24) is 10.9 Å². The molecule has 1 aromatic rings. The zero-order valence-electron chi connectivity index (χ0n) is 13.6. The maximum atomic E-state index is 5.39. The van der Waals surface area contributed by atoms with Crippen molar-refractivity contribution in [1.29, 1.82) is 0 Å². The Balaban J connectivity index is 2.10. The summed E-state index contributed by atoms with van der Waals surface area (Å²) in [7, 11) is 1.69. The minimum atomic E-state index is -0.0103. The van der Waals surface area contributed by atoms with Gasteiger partial charge in [-0.3, -0.25) is 4.99 Å². The topological polar surface area (TPSA) is 45.6 Å². The molecule has 0 aliphatic carbocycles. The van der Waals surface area contributed by atoms with Gasteiger partial charge in [0.25, 0.3) is 0 Å². The molecule has 0 amide bonds. The van der Waals surface area contributed by atoms with Crippen molar-refractivity contribution in [3.8, 4) is 0 Å². The normalized spacial score (nSPS) is 21.8. The van der Waals surface area contributed by atoms with Crippen molar-refractivity contribution in [2.24, 2.45) is 4.99 Å². The van der Waals surface area contributed by atoms with E-state index < -0.39 is 0 Å². The Morgan fingerprint density at radius 2 is 2.00 bits per heavy atom. The van der Waals surface area contributed by atoms with Gasteiger partial charge >= 0.3 is 0 Å². The molecule has 0 aromatic heterocycles. The first-order valence-corrected chi connectivity index (χ1v) is 7.59. The van der Waals surface area contributed by atoms with E-state index in [2.05, 4.69) is 49.0 Å². The predicted molar refractivity (Wildman–Crippen MR) is 91.8 cm³/mol. The third-order valence-corrected chi connectivity index (χ3v) is 3.70. The number of hydrogen-bond donors (Lipinski definition) is 2. The Bertz CT molecular complexity index is 559. The number of rotatable bonds is 4. The molecule has 0 fully saturated rings. The van der Waals surface area contributed by atoms with Crippen LogP contribution in [0, 0.1) is 0 Å². The van der Waals surface area contributed by atoms with E-state index in [1.807, 2.05) is 24.3 Å². The van der Waals surface area contributed by atoms with Crippen molar-refractivity contribution in [3.05, 3.63) is 59.9 Å². The molecule has 22 heavy (non-hydrogen) atoms. The molecule has 0 atom stereocenters. The van der Waals surface area contributed by atoms with Crippen LogP contribution in [-0.4, -0.2) is 26.0 Å². The summed E-state index contributed by atoms with van der Waals surface area (Å²) in [6.07, 6.45) is 6.65. The number of amidine groups is 1. The molecule has 4 heteroatoms. The molecule has 0 saturated heterocycles. The van der Waals surface area contributed by atoms with E-state index in [4.69, 9.17) is 9.73 Å². The van der Waals surface area contributed by atoms with E-state index in [9.17, 15) is 0 Å². The molecule has 2 N–H and O–H groups in total. The average molecular weight is 299 g/mol. The lowest BCUT2D eigenvalue weighted by Gasteiger charge is -2.24. The third-order valence-electron chi connectivity index (χ3n) is 3.70. The first kappa shape index (κ1) is 16.3. The number of nitrogens with one attached hydrogen (secondary N) is 2. The lowest BCUT2D eigenvalue weighted by atomic mass is 9.85. The van der Waals surface area contributed by atoms with Gasteiger partial charge in [-0.2, -0.15) is 0 Å². The number of nitrogens with zero attached hydrogens (tertiary/aromatic N) is 1. The molecule has 0 unspecified atom stereocenters. The summed E-state index contributed by atoms with van der Waals surface area (Å²) < 4.78 is 5.39. The standard InChI is InChI=1S/C18H25N3O/c1-18(2,15-9-5-4-6-10-15)14-19-17-13-16(22-3)11-7-8-12-20-21-17/h4-11,20H,12-14H2,1-3H3,(H,19,21)/b8-7-,16-11+. The van der Waals surface area contributed by atoms with E-state index in [1.54, 1.807) is 7.11 Å². The van der Waals surface area contributed by atoms with Crippen molar-refractivity contribution in [3.63, 3.8) is 0 Å². The van der Waals surface area contributed by atoms with E-state index in [-0.39, 0.29) is 5.41 Å². The van der Waals surface area contributed by atoms with Crippen LogP contribution >= 0.6 is 0 Å². The highest BCUT2D eigenvalue weighted by Crippen LogP contribution is 2.23. The number of hydrogen-bond acceptors (Lipinski definition) is 3. The molecule has 1 aliphatic heterocycles. The van der Waals surface area contributed by atoms with Gasteiger partial charge in [0, 0.05) is 12.0 Å². The summed E-state index contributed by atoms with van der Waals surface area (Å²) in [6, 6.07) is 10.5. The second-order valence-corrected chi connectivity index (χ2v) is 5.96. The molecule has 2 rings (SSSR count). The summed E-state index contributed by atoms with van der Waals surface area (Å²) in [4.78, 5) is 4.77. The lowest BCUT2D eigenvalue weighted by molar-refractivity contribution is 0.286. The first-order chi connectivity index (χ1) is 10.6. The van der Waals surface area contributed by atoms with Gasteiger partial charge in [0.05, 0.1) is 20.1 Å². The maximum absolute atomic E-state index is 5.39. The fourth-order valence-electron chi connectivity index (χ4n) is 2.23. The molecule has 0 spiro atoms. The first-order valence-electron chi connectivity index (χ1n) is 7.59. The van der Waals surface area contributed by atoms with E-state index in [0.29, 0.717) is 13.0 Å². The molecule has 1 aromatic carbocycles. The fourth-order valence-corrected chi connectivity index (χ4v) is 2.23. The fraction of sp³-hybridized carbons (Fsp3) is 0.389. The van der Waals surface area contributed by atoms with Gasteiger partial charge in [0.15, 0.2) is 0 Å². The second-order valence-electron chi connectivity index (χ2n) is 5.96. The molecule has 1 heterocycles. The summed E-state index contributed by atoms with van der Waals surface area (Å²) in [5.41, 5.74) is 7.60. The summed E-state index contributed by atoms with van der Waals surface area (Å²) >= 11 is 0. The molecule has 0 radical (unpaired) electrons. The van der Waals surface area contributed by atoms with Crippen molar-refractivity contribution in [2.45, 2.75) is 25.7 Å². The van der Waals surface area contributed by atoms with Crippen molar-refractivity contribution in [2.75, 3.05) is 20.2 Å². The zero-order chi connectivity index (χ0) is 15.8. The number of benzene rings is 1. The minimum Gasteiger partial charge on any atom is -0.501 e. The Kier molecular flexibility index (Phi) is 5.78. The summed E-state index contributed by atoms with van der Waals surface area (Å²) in [5.74, 6) is 1.78. The highest BCUT2D eigenvalue weighted by atomic mass is 16.5. The molecular weight excluding hydrogens is 274 g/mol. The quantitative estimate of drug-likeness (QED) is 0.898. The molecule has 1 aliphatic rings. The van der Waals surface area contributed by atoms with Crippen LogP contribution in [0.5, 0.6) is 0 Å². The Morgan fingerprint density at radius 1 is 1.23 bits per heavy atom. The van der Waals surface area contributed by atoms with Crippen molar-refractivity contribution < 1.29 is 4.74 Å². The van der Waals surface area contributed by atoms with Crippen LogP contribution in [0.1, 0.15) is 25.8 Å².